The van der Waals surface area contributed by atoms with Gasteiger partial charge in [-0.1, -0.05) is 18.6 Å². The minimum absolute atomic E-state index is 0.343. The molecule has 15 heavy (non-hydrogen) atoms. The van der Waals surface area contributed by atoms with Crippen molar-refractivity contribution in [2.45, 2.75) is 31.5 Å². The van der Waals surface area contributed by atoms with Gasteiger partial charge in [-0.25, -0.2) is 0 Å². The number of hydrogen-bond donors (Lipinski definition) is 1. The summed E-state index contributed by atoms with van der Waals surface area (Å²) in [5.74, 6) is 0.343. The number of benzene rings is 1. The first kappa shape index (κ1) is 10.7. The van der Waals surface area contributed by atoms with Crippen LogP contribution >= 0.6 is 0 Å². The first-order chi connectivity index (χ1) is 7.18. The minimum Gasteiger partial charge on any atom is -0.508 e. The van der Waals surface area contributed by atoms with Gasteiger partial charge in [0.2, 0.25) is 0 Å². The summed E-state index contributed by atoms with van der Waals surface area (Å²) in [4.78, 5) is 0. The van der Waals surface area contributed by atoms with Crippen LogP contribution in [0.25, 0.3) is 0 Å². The van der Waals surface area contributed by atoms with E-state index in [1.807, 2.05) is 12.1 Å². The van der Waals surface area contributed by atoms with Gasteiger partial charge in [0.1, 0.15) is 5.75 Å². The molecule has 1 aliphatic rings. The molecule has 0 aromatic heterocycles. The molecule has 0 radical (unpaired) electrons. The number of hydrogen-bond acceptors (Lipinski definition) is 2. The van der Waals surface area contributed by atoms with Crippen LogP contribution < -0.4 is 0 Å². The predicted octanol–water partition coefficient (Wildman–Crippen LogP) is 2.86. The second-order valence-corrected chi connectivity index (χ2v) is 8.64. The summed E-state index contributed by atoms with van der Waals surface area (Å²) >= 11 is 0. The van der Waals surface area contributed by atoms with Crippen LogP contribution in [0.2, 0.25) is 12.6 Å². The molecule has 1 aromatic rings. The van der Waals surface area contributed by atoms with Gasteiger partial charge in [0, 0.05) is 6.61 Å². The molecule has 1 aliphatic heterocycles. The van der Waals surface area contributed by atoms with Crippen molar-refractivity contribution in [3.8, 4) is 5.75 Å². The first-order valence-corrected chi connectivity index (χ1v) is 8.42. The van der Waals surface area contributed by atoms with Crippen LogP contribution in [0.3, 0.4) is 0 Å². The zero-order valence-electron chi connectivity index (χ0n) is 9.20. The Bertz CT molecular complexity index is 315. The first-order valence-electron chi connectivity index (χ1n) is 5.60. The summed E-state index contributed by atoms with van der Waals surface area (Å²) in [5, 5.41) is 9.21. The maximum absolute atomic E-state index is 9.21. The van der Waals surface area contributed by atoms with Crippen molar-refractivity contribution in [2.24, 2.45) is 0 Å². The van der Waals surface area contributed by atoms with Gasteiger partial charge in [0.25, 0.3) is 0 Å². The maximum atomic E-state index is 9.21. The Kier molecular flexibility index (Phi) is 3.12. The van der Waals surface area contributed by atoms with Gasteiger partial charge < -0.3 is 9.53 Å². The van der Waals surface area contributed by atoms with Crippen LogP contribution in [0.5, 0.6) is 5.75 Å². The van der Waals surface area contributed by atoms with Crippen molar-refractivity contribution in [2.75, 3.05) is 6.61 Å². The molecular weight excluding hydrogens is 204 g/mol. The molecule has 2 rings (SSSR count). The van der Waals surface area contributed by atoms with Crippen molar-refractivity contribution in [3.63, 3.8) is 0 Å². The van der Waals surface area contributed by atoms with E-state index in [1.165, 1.54) is 24.4 Å². The lowest BCUT2D eigenvalue weighted by molar-refractivity contribution is 0.270. The van der Waals surface area contributed by atoms with E-state index in [0.717, 1.165) is 12.7 Å². The standard InChI is InChI=1S/C12H18O2Si/c1-15(9-3-2-8-14-15)10-11-4-6-12(13)7-5-11/h4-7,13H,2-3,8-10H2,1H3. The van der Waals surface area contributed by atoms with Crippen LogP contribution in [0.4, 0.5) is 0 Å². The molecule has 0 saturated carbocycles. The van der Waals surface area contributed by atoms with E-state index in [1.54, 1.807) is 12.1 Å². The van der Waals surface area contributed by atoms with Gasteiger partial charge in [-0.3, -0.25) is 0 Å². The summed E-state index contributed by atoms with van der Waals surface area (Å²) in [7, 11) is -1.48. The third-order valence-electron chi connectivity index (χ3n) is 3.06. The Labute approximate surface area is 92.0 Å². The second-order valence-electron chi connectivity index (χ2n) is 4.60. The Morgan fingerprint density at radius 3 is 2.60 bits per heavy atom. The maximum Gasteiger partial charge on any atom is 0.194 e. The van der Waals surface area contributed by atoms with Gasteiger partial charge in [0.05, 0.1) is 0 Å². The van der Waals surface area contributed by atoms with Gasteiger partial charge in [0.15, 0.2) is 8.32 Å². The zero-order chi connectivity index (χ0) is 10.7. The molecule has 1 heterocycles. The molecule has 0 spiro atoms. The van der Waals surface area contributed by atoms with E-state index in [-0.39, 0.29) is 0 Å². The summed E-state index contributed by atoms with van der Waals surface area (Å²) in [6.07, 6.45) is 2.54. The highest BCUT2D eigenvalue weighted by Gasteiger charge is 2.31. The fourth-order valence-electron chi connectivity index (χ4n) is 2.18. The van der Waals surface area contributed by atoms with E-state index >= 15 is 0 Å². The monoisotopic (exact) mass is 222 g/mol. The quantitative estimate of drug-likeness (QED) is 0.780. The van der Waals surface area contributed by atoms with Crippen molar-refractivity contribution in [3.05, 3.63) is 29.8 Å². The average molecular weight is 222 g/mol. The molecule has 1 N–H and O–H groups in total. The van der Waals surface area contributed by atoms with E-state index < -0.39 is 8.32 Å². The van der Waals surface area contributed by atoms with Crippen molar-refractivity contribution in [1.29, 1.82) is 0 Å². The predicted molar refractivity (Wildman–Crippen MR) is 63.4 cm³/mol. The van der Waals surface area contributed by atoms with Crippen LogP contribution in [0, 0.1) is 0 Å². The van der Waals surface area contributed by atoms with E-state index in [9.17, 15) is 5.11 Å². The summed E-state index contributed by atoms with van der Waals surface area (Å²) in [6, 6.07) is 9.88. The molecule has 2 nitrogen and oxygen atoms in total. The Balaban J connectivity index is 2.03. The van der Waals surface area contributed by atoms with Crippen molar-refractivity contribution >= 4 is 8.32 Å². The average Bonchev–Trinajstić information content (AvgIpc) is 2.22. The normalized spacial score (nSPS) is 26.5. The smallest absolute Gasteiger partial charge is 0.194 e. The highest BCUT2D eigenvalue weighted by Crippen LogP contribution is 2.25. The van der Waals surface area contributed by atoms with Crippen LogP contribution in [0.15, 0.2) is 24.3 Å². The van der Waals surface area contributed by atoms with Crippen LogP contribution in [-0.2, 0) is 10.5 Å². The zero-order valence-corrected chi connectivity index (χ0v) is 10.2. The lowest BCUT2D eigenvalue weighted by Crippen LogP contribution is -2.40. The third kappa shape index (κ3) is 2.83. The molecule has 1 unspecified atom stereocenters. The van der Waals surface area contributed by atoms with Gasteiger partial charge in [-0.05, 0) is 42.8 Å². The topological polar surface area (TPSA) is 29.5 Å². The van der Waals surface area contributed by atoms with Crippen molar-refractivity contribution in [1.82, 2.24) is 0 Å². The van der Waals surface area contributed by atoms with Gasteiger partial charge in [-0.2, -0.15) is 0 Å². The summed E-state index contributed by atoms with van der Waals surface area (Å²) in [6.45, 7) is 3.26. The Morgan fingerprint density at radius 2 is 2.00 bits per heavy atom. The van der Waals surface area contributed by atoms with Gasteiger partial charge >= 0.3 is 0 Å². The summed E-state index contributed by atoms with van der Waals surface area (Å²) in [5.41, 5.74) is 1.30. The highest BCUT2D eigenvalue weighted by molar-refractivity contribution is 6.72. The van der Waals surface area contributed by atoms with E-state index in [0.29, 0.717) is 5.75 Å². The Hall–Kier alpha value is -0.803. The fourth-order valence-corrected chi connectivity index (χ4v) is 5.33. The molecule has 1 fully saturated rings. The number of rotatable bonds is 2. The molecule has 0 bridgehead atoms. The summed E-state index contributed by atoms with van der Waals surface area (Å²) < 4.78 is 5.98. The molecular formula is C12H18O2Si. The second kappa shape index (κ2) is 4.37. The minimum atomic E-state index is -1.48. The number of phenols is 1. The molecule has 1 aromatic carbocycles. The van der Waals surface area contributed by atoms with Gasteiger partial charge in [-0.15, -0.1) is 0 Å². The fraction of sp³-hybridized carbons (Fsp3) is 0.500. The Morgan fingerprint density at radius 1 is 1.27 bits per heavy atom. The van der Waals surface area contributed by atoms with E-state index in [4.69, 9.17) is 4.43 Å². The highest BCUT2D eigenvalue weighted by atomic mass is 28.4. The lowest BCUT2D eigenvalue weighted by Gasteiger charge is -2.31. The molecule has 1 atom stereocenters. The van der Waals surface area contributed by atoms with Crippen LogP contribution in [-0.4, -0.2) is 20.0 Å². The SMILES string of the molecule is C[Si]1(Cc2ccc(O)cc2)CCCCO1. The third-order valence-corrected chi connectivity index (χ3v) is 6.53. The molecule has 3 heteroatoms. The number of phenolic OH excluding ortho intramolecular Hbond substituents is 1. The van der Waals surface area contributed by atoms with Crippen LogP contribution in [0.1, 0.15) is 18.4 Å². The molecule has 0 amide bonds. The lowest BCUT2D eigenvalue weighted by atomic mass is 10.2. The molecule has 0 aliphatic carbocycles. The molecule has 1 saturated heterocycles. The molecule has 82 valence electrons. The van der Waals surface area contributed by atoms with E-state index in [2.05, 4.69) is 6.55 Å². The largest absolute Gasteiger partial charge is 0.508 e. The number of aromatic hydroxyl groups is 1. The van der Waals surface area contributed by atoms with Crippen molar-refractivity contribution < 1.29 is 9.53 Å².